The lowest BCUT2D eigenvalue weighted by molar-refractivity contribution is 0.147. The van der Waals surface area contributed by atoms with Gasteiger partial charge >= 0.3 is 6.03 Å². The molecule has 25 heavy (non-hydrogen) atoms. The molecule has 1 aliphatic carbocycles. The Morgan fingerprint density at radius 3 is 2.48 bits per heavy atom. The largest absolute Gasteiger partial charge is 0.468 e. The van der Waals surface area contributed by atoms with Crippen LogP contribution in [0, 0.1) is 6.92 Å². The van der Waals surface area contributed by atoms with Gasteiger partial charge in [-0.15, -0.1) is 0 Å². The third-order valence-electron chi connectivity index (χ3n) is 3.80. The van der Waals surface area contributed by atoms with Crippen molar-refractivity contribution >= 4 is 21.7 Å². The maximum absolute atomic E-state index is 12.2. The van der Waals surface area contributed by atoms with E-state index in [1.54, 1.807) is 18.5 Å². The van der Waals surface area contributed by atoms with E-state index < -0.39 is 21.8 Å². The number of ether oxygens (including phenoxy) is 1. The van der Waals surface area contributed by atoms with Crippen LogP contribution in [0.5, 0.6) is 5.75 Å². The topological polar surface area (TPSA) is 123 Å². The second kappa shape index (κ2) is 6.34. The number of nitrogens with two attached hydrogens (primary N) is 1. The van der Waals surface area contributed by atoms with E-state index in [9.17, 15) is 13.2 Å². The third-order valence-corrected chi connectivity index (χ3v) is 4.73. The van der Waals surface area contributed by atoms with Crippen molar-refractivity contribution in [3.63, 3.8) is 0 Å². The van der Waals surface area contributed by atoms with E-state index in [2.05, 4.69) is 15.6 Å². The van der Waals surface area contributed by atoms with Crippen LogP contribution >= 0.6 is 0 Å². The lowest BCUT2D eigenvalue weighted by Gasteiger charge is -2.20. The minimum atomic E-state index is -3.75. The lowest BCUT2D eigenvalue weighted by atomic mass is 10.2. The quantitative estimate of drug-likeness (QED) is 0.699. The Kier molecular flexibility index (Phi) is 4.36. The Balaban J connectivity index is 1.63. The second-order valence-corrected chi connectivity index (χ2v) is 7.44. The number of primary sulfonamides is 1. The number of nitrogens with zero attached hydrogens (tertiary/aromatic N) is 1. The Bertz CT molecular complexity index is 893. The molecule has 1 aliphatic rings. The maximum Gasteiger partial charge on any atom is 0.322 e. The number of sulfonamides is 1. The molecule has 1 aromatic heterocycles. The SMILES string of the molecule is Cc1ccncc1NC(=O)NC1(Oc2ccc(S(N)(=O)=O)cc2)CC1. The highest BCUT2D eigenvalue weighted by Crippen LogP contribution is 2.37. The zero-order chi connectivity index (χ0) is 18.1. The predicted molar refractivity (Wildman–Crippen MR) is 91.5 cm³/mol. The number of hydrogen-bond donors (Lipinski definition) is 3. The maximum atomic E-state index is 12.2. The molecule has 0 bridgehead atoms. The molecule has 0 aliphatic heterocycles. The molecule has 1 saturated carbocycles. The number of hydrogen-bond acceptors (Lipinski definition) is 5. The van der Waals surface area contributed by atoms with E-state index in [1.807, 2.05) is 6.92 Å². The number of benzene rings is 1. The third kappa shape index (κ3) is 4.25. The Labute approximate surface area is 145 Å². The van der Waals surface area contributed by atoms with Crippen molar-refractivity contribution in [1.29, 1.82) is 0 Å². The number of urea groups is 1. The summed E-state index contributed by atoms with van der Waals surface area (Å²) in [7, 11) is -3.75. The van der Waals surface area contributed by atoms with Gasteiger partial charge in [0, 0.05) is 19.0 Å². The first-order chi connectivity index (χ1) is 11.8. The summed E-state index contributed by atoms with van der Waals surface area (Å²) in [5.41, 5.74) is 0.728. The number of rotatable bonds is 5. The van der Waals surface area contributed by atoms with Gasteiger partial charge in [0.15, 0.2) is 5.72 Å². The molecule has 0 radical (unpaired) electrons. The number of anilines is 1. The molecular formula is C16H18N4O4S. The highest BCUT2D eigenvalue weighted by molar-refractivity contribution is 7.89. The van der Waals surface area contributed by atoms with Gasteiger partial charge in [0.25, 0.3) is 0 Å². The summed E-state index contributed by atoms with van der Waals surface area (Å²) >= 11 is 0. The summed E-state index contributed by atoms with van der Waals surface area (Å²) in [5.74, 6) is 0.447. The van der Waals surface area contributed by atoms with Crippen LogP contribution in [0.4, 0.5) is 10.5 Å². The summed E-state index contributed by atoms with van der Waals surface area (Å²) in [6.45, 7) is 1.87. The summed E-state index contributed by atoms with van der Waals surface area (Å²) in [5, 5.41) is 10.6. The van der Waals surface area contributed by atoms with E-state index in [1.165, 1.54) is 24.3 Å². The van der Waals surface area contributed by atoms with Crippen molar-refractivity contribution in [1.82, 2.24) is 10.3 Å². The van der Waals surface area contributed by atoms with Crippen LogP contribution in [-0.4, -0.2) is 25.2 Å². The second-order valence-electron chi connectivity index (χ2n) is 5.88. The van der Waals surface area contributed by atoms with Gasteiger partial charge < -0.3 is 10.1 Å². The molecule has 0 saturated heterocycles. The van der Waals surface area contributed by atoms with Crippen molar-refractivity contribution in [2.75, 3.05) is 5.32 Å². The number of nitrogens with one attached hydrogen (secondary N) is 2. The Morgan fingerprint density at radius 2 is 1.92 bits per heavy atom. The first-order valence-corrected chi connectivity index (χ1v) is 9.14. The first-order valence-electron chi connectivity index (χ1n) is 7.59. The van der Waals surface area contributed by atoms with E-state index >= 15 is 0 Å². The molecular weight excluding hydrogens is 344 g/mol. The number of carbonyl (C=O) groups excluding carboxylic acids is 1. The van der Waals surface area contributed by atoms with Gasteiger partial charge in [0.05, 0.1) is 16.8 Å². The van der Waals surface area contributed by atoms with Gasteiger partial charge in [-0.25, -0.2) is 18.4 Å². The standard InChI is InChI=1S/C16H18N4O4S/c1-11-6-9-18-10-14(11)19-15(21)20-16(7-8-16)24-12-2-4-13(5-3-12)25(17,22)23/h2-6,9-10H,7-8H2,1H3,(H2,17,22,23)(H2,19,20,21). The lowest BCUT2D eigenvalue weighted by Crippen LogP contribution is -2.43. The van der Waals surface area contributed by atoms with Crippen LogP contribution in [0.1, 0.15) is 18.4 Å². The van der Waals surface area contributed by atoms with E-state index in [4.69, 9.17) is 9.88 Å². The highest BCUT2D eigenvalue weighted by atomic mass is 32.2. The Morgan fingerprint density at radius 1 is 1.24 bits per heavy atom. The minimum absolute atomic E-state index is 0.00227. The van der Waals surface area contributed by atoms with Gasteiger partial charge in [0.2, 0.25) is 10.0 Å². The fourth-order valence-electron chi connectivity index (χ4n) is 2.24. The molecule has 8 nitrogen and oxygen atoms in total. The molecule has 0 spiro atoms. The van der Waals surface area contributed by atoms with Gasteiger partial charge in [-0.1, -0.05) is 0 Å². The summed E-state index contributed by atoms with van der Waals surface area (Å²) < 4.78 is 28.3. The van der Waals surface area contributed by atoms with Crippen LogP contribution in [-0.2, 0) is 10.0 Å². The molecule has 1 aromatic carbocycles. The molecule has 1 fully saturated rings. The molecule has 9 heteroatoms. The van der Waals surface area contributed by atoms with Crippen LogP contribution in [0.3, 0.4) is 0 Å². The normalized spacial score (nSPS) is 15.3. The molecule has 1 heterocycles. The number of aromatic nitrogens is 1. The van der Waals surface area contributed by atoms with E-state index in [0.29, 0.717) is 24.3 Å². The molecule has 0 unspecified atom stereocenters. The number of amides is 2. The van der Waals surface area contributed by atoms with E-state index in [-0.39, 0.29) is 4.90 Å². The monoisotopic (exact) mass is 362 g/mol. The fourth-order valence-corrected chi connectivity index (χ4v) is 2.76. The van der Waals surface area contributed by atoms with Crippen molar-refractivity contribution in [2.24, 2.45) is 5.14 Å². The number of carbonyl (C=O) groups is 1. The summed E-state index contributed by atoms with van der Waals surface area (Å²) in [6.07, 6.45) is 4.53. The predicted octanol–water partition coefficient (Wildman–Crippen LogP) is 1.73. The van der Waals surface area contributed by atoms with Crippen LogP contribution in [0.2, 0.25) is 0 Å². The number of pyridine rings is 1. The van der Waals surface area contributed by atoms with Crippen LogP contribution < -0.4 is 20.5 Å². The van der Waals surface area contributed by atoms with Crippen molar-refractivity contribution in [3.05, 3.63) is 48.3 Å². The van der Waals surface area contributed by atoms with Crippen molar-refractivity contribution in [2.45, 2.75) is 30.4 Å². The molecule has 4 N–H and O–H groups in total. The molecule has 2 amide bonds. The molecule has 2 aromatic rings. The molecule has 132 valence electrons. The first kappa shape index (κ1) is 17.2. The average molecular weight is 362 g/mol. The highest BCUT2D eigenvalue weighted by Gasteiger charge is 2.47. The van der Waals surface area contributed by atoms with Gasteiger partial charge in [-0.3, -0.25) is 10.3 Å². The van der Waals surface area contributed by atoms with Crippen LogP contribution in [0.25, 0.3) is 0 Å². The minimum Gasteiger partial charge on any atom is -0.468 e. The zero-order valence-corrected chi connectivity index (χ0v) is 14.3. The Hall–Kier alpha value is -2.65. The average Bonchev–Trinajstić information content (AvgIpc) is 3.28. The molecule has 3 rings (SSSR count). The van der Waals surface area contributed by atoms with Gasteiger partial charge in [0.1, 0.15) is 5.75 Å². The van der Waals surface area contributed by atoms with E-state index in [0.717, 1.165) is 5.56 Å². The van der Waals surface area contributed by atoms with Gasteiger partial charge in [-0.2, -0.15) is 0 Å². The van der Waals surface area contributed by atoms with Crippen molar-refractivity contribution in [3.8, 4) is 5.75 Å². The molecule has 0 atom stereocenters. The zero-order valence-electron chi connectivity index (χ0n) is 13.5. The summed E-state index contributed by atoms with van der Waals surface area (Å²) in [6, 6.07) is 7.14. The number of aryl methyl sites for hydroxylation is 1. The fraction of sp³-hybridized carbons (Fsp3) is 0.250. The summed E-state index contributed by atoms with van der Waals surface area (Å²) in [4.78, 5) is 16.1. The van der Waals surface area contributed by atoms with Crippen LogP contribution in [0.15, 0.2) is 47.6 Å². The van der Waals surface area contributed by atoms with Gasteiger partial charge in [-0.05, 0) is 42.8 Å². The van der Waals surface area contributed by atoms with Crippen molar-refractivity contribution < 1.29 is 17.9 Å². The smallest absolute Gasteiger partial charge is 0.322 e.